The highest BCUT2D eigenvalue weighted by Crippen LogP contribution is 2.11. The molecule has 0 unspecified atom stereocenters. The molecule has 1 aromatic rings. The number of amides is 1. The molecule has 0 saturated heterocycles. The van der Waals surface area contributed by atoms with Crippen LogP contribution in [0.2, 0.25) is 0 Å². The molecule has 0 aliphatic carbocycles. The van der Waals surface area contributed by atoms with Crippen LogP contribution in [0.3, 0.4) is 0 Å². The van der Waals surface area contributed by atoms with Crippen LogP contribution < -0.4 is 11.5 Å². The molecule has 1 heterocycles. The standard InChI is InChI=1S/C6H8N4OS/c1-12-6-9-3(5(8)11)2-4(7)10-6/h2H,1H3,(H2,8,11)(H2,7,9,10). The average molecular weight is 184 g/mol. The number of rotatable bonds is 2. The summed E-state index contributed by atoms with van der Waals surface area (Å²) in [5, 5.41) is 0.448. The first kappa shape index (κ1) is 8.79. The maximum absolute atomic E-state index is 10.7. The highest BCUT2D eigenvalue weighted by molar-refractivity contribution is 7.98. The third-order valence-electron chi connectivity index (χ3n) is 1.16. The molecule has 1 rings (SSSR count). The highest BCUT2D eigenvalue weighted by Gasteiger charge is 2.05. The number of thioether (sulfide) groups is 1. The quantitative estimate of drug-likeness (QED) is 0.493. The minimum atomic E-state index is -0.598. The van der Waals surface area contributed by atoms with E-state index < -0.39 is 5.91 Å². The average Bonchev–Trinajstić information content (AvgIpc) is 2.03. The monoisotopic (exact) mass is 184 g/mol. The van der Waals surface area contributed by atoms with Crippen molar-refractivity contribution in [3.63, 3.8) is 0 Å². The molecule has 0 saturated carbocycles. The van der Waals surface area contributed by atoms with Crippen molar-refractivity contribution in [2.75, 3.05) is 12.0 Å². The highest BCUT2D eigenvalue weighted by atomic mass is 32.2. The van der Waals surface area contributed by atoms with Crippen LogP contribution in [0.4, 0.5) is 5.82 Å². The summed E-state index contributed by atoms with van der Waals surface area (Å²) < 4.78 is 0. The molecule has 6 heteroatoms. The number of nitrogens with two attached hydrogens (primary N) is 2. The lowest BCUT2D eigenvalue weighted by Crippen LogP contribution is -2.14. The van der Waals surface area contributed by atoms with Crippen molar-refractivity contribution in [2.45, 2.75) is 5.16 Å². The van der Waals surface area contributed by atoms with Gasteiger partial charge in [-0.2, -0.15) is 0 Å². The molecule has 0 atom stereocenters. The molecule has 1 aromatic heterocycles. The van der Waals surface area contributed by atoms with E-state index in [1.54, 1.807) is 6.26 Å². The van der Waals surface area contributed by atoms with Gasteiger partial charge in [-0.15, -0.1) is 0 Å². The van der Waals surface area contributed by atoms with E-state index in [1.165, 1.54) is 17.8 Å². The van der Waals surface area contributed by atoms with E-state index in [-0.39, 0.29) is 11.5 Å². The molecular weight excluding hydrogens is 176 g/mol. The van der Waals surface area contributed by atoms with Crippen molar-refractivity contribution in [3.8, 4) is 0 Å². The normalized spacial score (nSPS) is 9.75. The van der Waals surface area contributed by atoms with E-state index in [4.69, 9.17) is 11.5 Å². The molecule has 0 radical (unpaired) electrons. The van der Waals surface area contributed by atoms with Gasteiger partial charge in [0.2, 0.25) is 0 Å². The van der Waals surface area contributed by atoms with Crippen LogP contribution >= 0.6 is 11.8 Å². The van der Waals surface area contributed by atoms with Gasteiger partial charge in [0.25, 0.3) is 5.91 Å². The van der Waals surface area contributed by atoms with Crippen LogP contribution in [-0.4, -0.2) is 22.1 Å². The SMILES string of the molecule is CSc1nc(N)cc(C(N)=O)n1. The molecule has 0 bridgehead atoms. The Labute approximate surface area is 73.6 Å². The van der Waals surface area contributed by atoms with Crippen molar-refractivity contribution < 1.29 is 4.79 Å². The van der Waals surface area contributed by atoms with Crippen LogP contribution in [0.1, 0.15) is 10.5 Å². The van der Waals surface area contributed by atoms with E-state index in [2.05, 4.69) is 9.97 Å². The van der Waals surface area contributed by atoms with Gasteiger partial charge in [0.05, 0.1) is 0 Å². The second kappa shape index (κ2) is 3.40. The molecule has 0 aliphatic rings. The van der Waals surface area contributed by atoms with Gasteiger partial charge in [-0.3, -0.25) is 4.79 Å². The summed E-state index contributed by atoms with van der Waals surface area (Å²) in [6.07, 6.45) is 1.79. The lowest BCUT2D eigenvalue weighted by molar-refractivity contribution is 0.0994. The van der Waals surface area contributed by atoms with Crippen molar-refractivity contribution in [1.82, 2.24) is 9.97 Å². The number of aromatic nitrogens is 2. The summed E-state index contributed by atoms with van der Waals surface area (Å²) in [6, 6.07) is 1.35. The van der Waals surface area contributed by atoms with Gasteiger partial charge in [0, 0.05) is 6.07 Å². The minimum absolute atomic E-state index is 0.145. The molecule has 12 heavy (non-hydrogen) atoms. The molecule has 64 valence electrons. The van der Waals surface area contributed by atoms with Crippen molar-refractivity contribution in [3.05, 3.63) is 11.8 Å². The molecule has 1 amide bonds. The van der Waals surface area contributed by atoms with Crippen LogP contribution in [0, 0.1) is 0 Å². The Hall–Kier alpha value is -1.30. The topological polar surface area (TPSA) is 94.9 Å². The molecular formula is C6H8N4OS. The summed E-state index contributed by atoms with van der Waals surface area (Å²) in [5.41, 5.74) is 10.6. The van der Waals surface area contributed by atoms with Gasteiger partial charge in [0.1, 0.15) is 11.5 Å². The van der Waals surface area contributed by atoms with Gasteiger partial charge in [-0.05, 0) is 6.26 Å². The minimum Gasteiger partial charge on any atom is -0.384 e. The molecule has 0 spiro atoms. The fourth-order valence-corrected chi connectivity index (χ4v) is 1.05. The van der Waals surface area contributed by atoms with Gasteiger partial charge >= 0.3 is 0 Å². The fourth-order valence-electron chi connectivity index (χ4n) is 0.661. The number of nitrogens with zero attached hydrogens (tertiary/aromatic N) is 2. The van der Waals surface area contributed by atoms with Crippen LogP contribution in [-0.2, 0) is 0 Å². The van der Waals surface area contributed by atoms with Gasteiger partial charge in [-0.25, -0.2) is 9.97 Å². The summed E-state index contributed by atoms with van der Waals surface area (Å²) in [5.74, 6) is -0.345. The van der Waals surface area contributed by atoms with Gasteiger partial charge in [-0.1, -0.05) is 11.8 Å². The first-order valence-corrected chi connectivity index (χ1v) is 4.34. The van der Waals surface area contributed by atoms with E-state index in [1.807, 2.05) is 0 Å². The molecule has 0 fully saturated rings. The Kier molecular flexibility index (Phi) is 2.49. The lowest BCUT2D eigenvalue weighted by Gasteiger charge is -1.99. The summed E-state index contributed by atoms with van der Waals surface area (Å²) in [4.78, 5) is 18.4. The number of anilines is 1. The third kappa shape index (κ3) is 1.85. The zero-order valence-electron chi connectivity index (χ0n) is 6.44. The Morgan fingerprint density at radius 2 is 2.25 bits per heavy atom. The summed E-state index contributed by atoms with van der Waals surface area (Å²) in [6.45, 7) is 0. The molecule has 0 aromatic carbocycles. The third-order valence-corrected chi connectivity index (χ3v) is 1.71. The van der Waals surface area contributed by atoms with Crippen molar-refractivity contribution in [2.24, 2.45) is 5.73 Å². The van der Waals surface area contributed by atoms with E-state index in [9.17, 15) is 4.79 Å². The second-order valence-corrected chi connectivity index (χ2v) is 2.80. The number of hydrogen-bond donors (Lipinski definition) is 2. The van der Waals surface area contributed by atoms with Crippen molar-refractivity contribution in [1.29, 1.82) is 0 Å². The smallest absolute Gasteiger partial charge is 0.267 e. The first-order valence-electron chi connectivity index (χ1n) is 3.12. The predicted molar refractivity (Wildman–Crippen MR) is 46.7 cm³/mol. The van der Waals surface area contributed by atoms with E-state index in [0.717, 1.165) is 0 Å². The Bertz CT molecular complexity index is 314. The lowest BCUT2D eigenvalue weighted by atomic mass is 10.4. The largest absolute Gasteiger partial charge is 0.384 e. The number of hydrogen-bond acceptors (Lipinski definition) is 5. The second-order valence-electron chi connectivity index (χ2n) is 2.03. The van der Waals surface area contributed by atoms with E-state index in [0.29, 0.717) is 5.16 Å². The molecule has 4 N–H and O–H groups in total. The summed E-state index contributed by atoms with van der Waals surface area (Å²) in [7, 11) is 0. The zero-order chi connectivity index (χ0) is 9.14. The Morgan fingerprint density at radius 3 is 2.75 bits per heavy atom. The van der Waals surface area contributed by atoms with Crippen molar-refractivity contribution >= 4 is 23.5 Å². The van der Waals surface area contributed by atoms with Crippen LogP contribution in [0.15, 0.2) is 11.2 Å². The van der Waals surface area contributed by atoms with Gasteiger partial charge < -0.3 is 11.5 Å². The Morgan fingerprint density at radius 1 is 1.58 bits per heavy atom. The number of carbonyl (C=O) groups excluding carboxylic acids is 1. The number of primary amides is 1. The summed E-state index contributed by atoms with van der Waals surface area (Å²) >= 11 is 1.30. The maximum atomic E-state index is 10.7. The Balaban J connectivity index is 3.15. The zero-order valence-corrected chi connectivity index (χ0v) is 7.26. The maximum Gasteiger partial charge on any atom is 0.267 e. The fraction of sp³-hybridized carbons (Fsp3) is 0.167. The van der Waals surface area contributed by atoms with Crippen LogP contribution in [0.5, 0.6) is 0 Å². The van der Waals surface area contributed by atoms with E-state index >= 15 is 0 Å². The first-order chi connectivity index (χ1) is 5.63. The number of carbonyl (C=O) groups is 1. The number of nitrogen functional groups attached to an aromatic ring is 1. The predicted octanol–water partition coefficient (Wildman–Crippen LogP) is -0.120. The molecule has 5 nitrogen and oxygen atoms in total. The van der Waals surface area contributed by atoms with Gasteiger partial charge in [0.15, 0.2) is 5.16 Å². The molecule has 0 aliphatic heterocycles. The van der Waals surface area contributed by atoms with Crippen LogP contribution in [0.25, 0.3) is 0 Å².